The monoisotopic (exact) mass is 406 g/mol. The maximum Gasteiger partial charge on any atom is 0.0789 e. The number of aromatic nitrogens is 2. The van der Waals surface area contributed by atoms with Crippen molar-refractivity contribution in [2.24, 2.45) is 0 Å². The summed E-state index contributed by atoms with van der Waals surface area (Å²) in [6.07, 6.45) is 0. The molecule has 0 amide bonds. The van der Waals surface area contributed by atoms with Crippen LogP contribution in [0.4, 0.5) is 0 Å². The van der Waals surface area contributed by atoms with Crippen molar-refractivity contribution in [3.05, 3.63) is 109 Å². The SMILES string of the molecule is c1ccc(-c2ccc3c(c2)c2ccc4c5ccccc5n5c6ccccc6n3c2c45)cc1. The average Bonchev–Trinajstić information content (AvgIpc) is 3.38. The van der Waals surface area contributed by atoms with Crippen molar-refractivity contribution >= 4 is 54.6 Å². The summed E-state index contributed by atoms with van der Waals surface area (Å²) in [5, 5.41) is 5.23. The number of para-hydroxylation sites is 3. The van der Waals surface area contributed by atoms with Crippen LogP contribution < -0.4 is 0 Å². The third-order valence-electron chi connectivity index (χ3n) is 7.03. The number of fused-ring (bicyclic) bond motifs is 9. The Morgan fingerprint density at radius 3 is 1.62 bits per heavy atom. The quantitative estimate of drug-likeness (QED) is 0.245. The summed E-state index contributed by atoms with van der Waals surface area (Å²) in [6, 6.07) is 39.7. The number of nitrogens with zero attached hydrogens (tertiary/aromatic N) is 2. The van der Waals surface area contributed by atoms with Crippen LogP contribution in [-0.2, 0) is 0 Å². The van der Waals surface area contributed by atoms with Gasteiger partial charge in [0.25, 0.3) is 0 Å². The van der Waals surface area contributed by atoms with Gasteiger partial charge in [-0.15, -0.1) is 0 Å². The standard InChI is InChI=1S/C30H18N2/c1-2-8-19(9-3-1)20-14-17-26-24(18-20)23-16-15-22-21-10-4-5-11-25(21)31-27-12-6-7-13-28(27)32(26)30(23)29(22)31/h1-18H. The Labute approximate surface area is 183 Å². The van der Waals surface area contributed by atoms with Gasteiger partial charge in [-0.3, -0.25) is 0 Å². The van der Waals surface area contributed by atoms with E-state index in [-0.39, 0.29) is 0 Å². The molecule has 0 aliphatic carbocycles. The molecule has 0 N–H and O–H groups in total. The van der Waals surface area contributed by atoms with Crippen LogP contribution in [0.1, 0.15) is 0 Å². The van der Waals surface area contributed by atoms with E-state index in [1.807, 2.05) is 0 Å². The van der Waals surface area contributed by atoms with Gasteiger partial charge < -0.3 is 8.80 Å². The number of rotatable bonds is 1. The Kier molecular flexibility index (Phi) is 2.91. The van der Waals surface area contributed by atoms with E-state index in [2.05, 4.69) is 118 Å². The molecule has 2 heteroatoms. The van der Waals surface area contributed by atoms with E-state index >= 15 is 0 Å². The molecule has 2 nitrogen and oxygen atoms in total. The summed E-state index contributed by atoms with van der Waals surface area (Å²) in [4.78, 5) is 0. The van der Waals surface area contributed by atoms with Crippen LogP contribution in [0, 0.1) is 0 Å². The Morgan fingerprint density at radius 2 is 0.906 bits per heavy atom. The minimum absolute atomic E-state index is 1.24. The van der Waals surface area contributed by atoms with E-state index in [0.29, 0.717) is 0 Å². The highest BCUT2D eigenvalue weighted by atomic mass is 15.0. The molecule has 0 saturated heterocycles. The van der Waals surface area contributed by atoms with Crippen LogP contribution in [0.15, 0.2) is 109 Å². The van der Waals surface area contributed by atoms with Gasteiger partial charge in [-0.1, -0.05) is 78.9 Å². The largest absolute Gasteiger partial charge is 0.305 e. The van der Waals surface area contributed by atoms with Gasteiger partial charge in [-0.05, 0) is 41.5 Å². The normalized spacial score (nSPS) is 12.4. The molecule has 0 fully saturated rings. The van der Waals surface area contributed by atoms with Gasteiger partial charge in [0.1, 0.15) is 0 Å². The zero-order valence-corrected chi connectivity index (χ0v) is 17.3. The molecular weight excluding hydrogens is 388 g/mol. The number of benzene rings is 5. The van der Waals surface area contributed by atoms with Crippen LogP contribution in [-0.4, -0.2) is 8.80 Å². The first-order valence-corrected chi connectivity index (χ1v) is 11.1. The van der Waals surface area contributed by atoms with Crippen LogP contribution in [0.5, 0.6) is 0 Å². The van der Waals surface area contributed by atoms with Crippen molar-refractivity contribution in [1.29, 1.82) is 0 Å². The van der Waals surface area contributed by atoms with Crippen molar-refractivity contribution in [2.75, 3.05) is 0 Å². The zero-order chi connectivity index (χ0) is 20.8. The Balaban J connectivity index is 1.68. The maximum atomic E-state index is 2.47. The Bertz CT molecular complexity index is 1970. The van der Waals surface area contributed by atoms with Crippen molar-refractivity contribution < 1.29 is 0 Å². The zero-order valence-electron chi connectivity index (χ0n) is 17.3. The number of hydrogen-bond donors (Lipinski definition) is 0. The summed E-state index contributed by atoms with van der Waals surface area (Å²) in [5.74, 6) is 0. The second-order valence-corrected chi connectivity index (χ2v) is 8.63. The fraction of sp³-hybridized carbons (Fsp3) is 0. The minimum atomic E-state index is 1.24. The van der Waals surface area contributed by atoms with Gasteiger partial charge in [-0.2, -0.15) is 0 Å². The fourth-order valence-corrected chi connectivity index (χ4v) is 5.70. The predicted molar refractivity (Wildman–Crippen MR) is 135 cm³/mol. The van der Waals surface area contributed by atoms with Gasteiger partial charge in [0.15, 0.2) is 0 Å². The van der Waals surface area contributed by atoms with Crippen LogP contribution in [0.25, 0.3) is 65.8 Å². The van der Waals surface area contributed by atoms with Crippen LogP contribution in [0.3, 0.4) is 0 Å². The van der Waals surface area contributed by atoms with E-state index < -0.39 is 0 Å². The lowest BCUT2D eigenvalue weighted by Crippen LogP contribution is -1.96. The van der Waals surface area contributed by atoms with Crippen LogP contribution in [0.2, 0.25) is 0 Å². The molecule has 148 valence electrons. The molecule has 0 unspecified atom stereocenters. The molecular formula is C30H18N2. The molecule has 5 aromatic carbocycles. The first kappa shape index (κ1) is 16.4. The third-order valence-corrected chi connectivity index (χ3v) is 7.03. The van der Waals surface area contributed by atoms with Gasteiger partial charge in [0.2, 0.25) is 0 Å². The van der Waals surface area contributed by atoms with Crippen molar-refractivity contribution in [3.63, 3.8) is 0 Å². The molecule has 0 aliphatic rings. The smallest absolute Gasteiger partial charge is 0.0789 e. The Morgan fingerprint density at radius 1 is 0.344 bits per heavy atom. The molecule has 0 radical (unpaired) electrons. The molecule has 32 heavy (non-hydrogen) atoms. The van der Waals surface area contributed by atoms with E-state index in [1.165, 1.54) is 65.8 Å². The summed E-state index contributed by atoms with van der Waals surface area (Å²) in [6.45, 7) is 0. The molecule has 0 bridgehead atoms. The van der Waals surface area contributed by atoms with Crippen LogP contribution >= 0.6 is 0 Å². The highest BCUT2D eigenvalue weighted by Gasteiger charge is 2.21. The van der Waals surface area contributed by atoms with Gasteiger partial charge in [0, 0.05) is 21.5 Å². The van der Waals surface area contributed by atoms with Crippen molar-refractivity contribution in [3.8, 4) is 11.1 Å². The molecule has 8 rings (SSSR count). The summed E-state index contributed by atoms with van der Waals surface area (Å²) in [5.41, 5.74) is 10.1. The summed E-state index contributed by atoms with van der Waals surface area (Å²) in [7, 11) is 0. The van der Waals surface area contributed by atoms with E-state index in [9.17, 15) is 0 Å². The molecule has 0 saturated carbocycles. The third kappa shape index (κ3) is 1.86. The molecule has 8 aromatic rings. The minimum Gasteiger partial charge on any atom is -0.305 e. The van der Waals surface area contributed by atoms with E-state index in [1.54, 1.807) is 0 Å². The second kappa shape index (κ2) is 5.68. The topological polar surface area (TPSA) is 8.82 Å². The molecule has 0 spiro atoms. The van der Waals surface area contributed by atoms with Crippen molar-refractivity contribution in [2.45, 2.75) is 0 Å². The van der Waals surface area contributed by atoms with Gasteiger partial charge >= 0.3 is 0 Å². The molecule has 3 heterocycles. The highest BCUT2D eigenvalue weighted by Crippen LogP contribution is 2.42. The average molecular weight is 406 g/mol. The molecule has 0 atom stereocenters. The fourth-order valence-electron chi connectivity index (χ4n) is 5.70. The predicted octanol–water partition coefficient (Wildman–Crippen LogP) is 7.91. The lowest BCUT2D eigenvalue weighted by Gasteiger charge is -2.11. The number of hydrogen-bond acceptors (Lipinski definition) is 0. The first-order valence-electron chi connectivity index (χ1n) is 11.1. The van der Waals surface area contributed by atoms with Gasteiger partial charge in [-0.25, -0.2) is 0 Å². The first-order chi connectivity index (χ1) is 15.9. The van der Waals surface area contributed by atoms with Crippen molar-refractivity contribution in [1.82, 2.24) is 8.80 Å². The summed E-state index contributed by atoms with van der Waals surface area (Å²) >= 11 is 0. The second-order valence-electron chi connectivity index (χ2n) is 8.63. The molecule has 0 aliphatic heterocycles. The lowest BCUT2D eigenvalue weighted by atomic mass is 10.0. The van der Waals surface area contributed by atoms with E-state index in [4.69, 9.17) is 0 Å². The highest BCUT2D eigenvalue weighted by molar-refractivity contribution is 6.25. The van der Waals surface area contributed by atoms with Gasteiger partial charge in [0.05, 0.1) is 33.1 Å². The summed E-state index contributed by atoms with van der Waals surface area (Å²) < 4.78 is 4.93. The van der Waals surface area contributed by atoms with E-state index in [0.717, 1.165) is 0 Å². The maximum absolute atomic E-state index is 2.47. The molecule has 3 aromatic heterocycles. The Hall–Kier alpha value is -4.30. The lowest BCUT2D eigenvalue weighted by molar-refractivity contribution is 1.25.